The molecule has 0 radical (unpaired) electrons. The average molecular weight is 487 g/mol. The van der Waals surface area contributed by atoms with Crippen molar-refractivity contribution in [2.75, 3.05) is 26.7 Å². The van der Waals surface area contributed by atoms with Crippen molar-refractivity contribution < 1.29 is 0 Å². The van der Waals surface area contributed by atoms with Crippen LogP contribution < -0.4 is 5.32 Å². The van der Waals surface area contributed by atoms with Gasteiger partial charge in [0.15, 0.2) is 5.96 Å². The van der Waals surface area contributed by atoms with Gasteiger partial charge in [-0.05, 0) is 36.1 Å². The fraction of sp³-hybridized carbons (Fsp3) is 0.579. The number of hydrogen-bond acceptors (Lipinski definition) is 3. The number of thiophene rings is 1. The molecule has 3 rings (SSSR count). The van der Waals surface area contributed by atoms with E-state index < -0.39 is 0 Å². The second kappa shape index (κ2) is 10.3. The normalized spacial score (nSPS) is 22.0. The largest absolute Gasteiger partial charge is 0.356 e. The van der Waals surface area contributed by atoms with Gasteiger partial charge in [-0.2, -0.15) is 0 Å². The Morgan fingerprint density at radius 2 is 2.35 bits per heavy atom. The van der Waals surface area contributed by atoms with Crippen LogP contribution in [-0.2, 0) is 6.42 Å². The summed E-state index contributed by atoms with van der Waals surface area (Å²) in [6.07, 6.45) is 8.17. The van der Waals surface area contributed by atoms with Gasteiger partial charge in [-0.3, -0.25) is 4.99 Å². The maximum absolute atomic E-state index is 4.53. The minimum Gasteiger partial charge on any atom is -0.356 e. The standard InChI is InChI=1S/C19H29N5S.HI/c1-15(11-17-5-4-10-25-17)12-22-19(20-3)23-8-6-16(2)18(13-23)24-9-7-21-14-24;/h4-5,7,9-10,14-16,18H,6,8,11-13H2,1-3H3,(H,20,22);1H. The Hall–Kier alpha value is -1.09. The summed E-state index contributed by atoms with van der Waals surface area (Å²) in [4.78, 5) is 12.6. The van der Waals surface area contributed by atoms with Gasteiger partial charge in [-0.25, -0.2) is 4.98 Å². The van der Waals surface area contributed by atoms with Crippen molar-refractivity contribution in [1.82, 2.24) is 19.8 Å². The van der Waals surface area contributed by atoms with Crippen molar-refractivity contribution in [1.29, 1.82) is 0 Å². The molecule has 0 aromatic carbocycles. The fourth-order valence-electron chi connectivity index (χ4n) is 3.54. The summed E-state index contributed by atoms with van der Waals surface area (Å²) in [5.41, 5.74) is 0. The van der Waals surface area contributed by atoms with Crippen molar-refractivity contribution in [3.63, 3.8) is 0 Å². The van der Waals surface area contributed by atoms with Crippen molar-refractivity contribution in [2.45, 2.75) is 32.7 Å². The highest BCUT2D eigenvalue weighted by molar-refractivity contribution is 14.0. The lowest BCUT2D eigenvalue weighted by molar-refractivity contribution is 0.188. The zero-order valence-electron chi connectivity index (χ0n) is 15.8. The molecule has 0 saturated carbocycles. The summed E-state index contributed by atoms with van der Waals surface area (Å²) in [6.45, 7) is 7.63. The van der Waals surface area contributed by atoms with Gasteiger partial charge in [0.05, 0.1) is 12.4 Å². The molecule has 144 valence electrons. The van der Waals surface area contributed by atoms with Crippen LogP contribution in [0.4, 0.5) is 0 Å². The summed E-state index contributed by atoms with van der Waals surface area (Å²) >= 11 is 1.84. The molecule has 3 unspecified atom stereocenters. The molecule has 3 heterocycles. The molecule has 0 aliphatic carbocycles. The molecule has 2 aromatic rings. The van der Waals surface area contributed by atoms with Gasteiger partial charge in [0, 0.05) is 44.0 Å². The SMILES string of the molecule is CN=C(NCC(C)Cc1cccs1)N1CCC(C)C(n2ccnc2)C1.I. The first-order valence-corrected chi connectivity index (χ1v) is 10.0. The highest BCUT2D eigenvalue weighted by Gasteiger charge is 2.28. The Morgan fingerprint density at radius 3 is 3.00 bits per heavy atom. The third-order valence-electron chi connectivity index (χ3n) is 5.08. The maximum atomic E-state index is 4.53. The first-order valence-electron chi connectivity index (χ1n) is 9.12. The predicted octanol–water partition coefficient (Wildman–Crippen LogP) is 3.90. The van der Waals surface area contributed by atoms with Crippen molar-refractivity contribution >= 4 is 41.3 Å². The van der Waals surface area contributed by atoms with E-state index in [1.165, 1.54) is 11.3 Å². The monoisotopic (exact) mass is 487 g/mol. The maximum Gasteiger partial charge on any atom is 0.193 e. The van der Waals surface area contributed by atoms with E-state index in [9.17, 15) is 0 Å². The van der Waals surface area contributed by atoms with Crippen LogP contribution in [0.3, 0.4) is 0 Å². The molecule has 2 aromatic heterocycles. The van der Waals surface area contributed by atoms with E-state index in [-0.39, 0.29) is 24.0 Å². The zero-order chi connectivity index (χ0) is 17.6. The number of imidazole rings is 1. The number of nitrogens with one attached hydrogen (secondary N) is 1. The third kappa shape index (κ3) is 5.45. The molecule has 7 heteroatoms. The lowest BCUT2D eigenvalue weighted by atomic mass is 9.93. The zero-order valence-corrected chi connectivity index (χ0v) is 19.0. The second-order valence-corrected chi connectivity index (χ2v) is 8.14. The number of likely N-dealkylation sites (tertiary alicyclic amines) is 1. The van der Waals surface area contributed by atoms with Gasteiger partial charge in [0.2, 0.25) is 0 Å². The van der Waals surface area contributed by atoms with Gasteiger partial charge in [0.1, 0.15) is 0 Å². The highest BCUT2D eigenvalue weighted by Crippen LogP contribution is 2.27. The van der Waals surface area contributed by atoms with E-state index in [4.69, 9.17) is 0 Å². The van der Waals surface area contributed by atoms with Crippen molar-refractivity contribution in [3.05, 3.63) is 41.1 Å². The van der Waals surface area contributed by atoms with Crippen LogP contribution in [0.5, 0.6) is 0 Å². The molecular formula is C19H30IN5S. The molecule has 1 N–H and O–H groups in total. The molecule has 26 heavy (non-hydrogen) atoms. The number of rotatable bonds is 5. The number of aliphatic imine (C=N–C) groups is 1. The number of nitrogens with zero attached hydrogens (tertiary/aromatic N) is 4. The molecule has 0 bridgehead atoms. The molecule has 0 spiro atoms. The van der Waals surface area contributed by atoms with Crippen LogP contribution in [0.1, 0.15) is 31.2 Å². The lowest BCUT2D eigenvalue weighted by Crippen LogP contribution is -2.49. The first-order chi connectivity index (χ1) is 12.2. The van der Waals surface area contributed by atoms with Gasteiger partial charge >= 0.3 is 0 Å². The molecule has 3 atom stereocenters. The lowest BCUT2D eigenvalue weighted by Gasteiger charge is -2.39. The number of aromatic nitrogens is 2. The van der Waals surface area contributed by atoms with Gasteiger partial charge in [0.25, 0.3) is 0 Å². The summed E-state index contributed by atoms with van der Waals surface area (Å²) in [5.74, 6) is 2.26. The number of piperidine rings is 1. The molecular weight excluding hydrogens is 457 g/mol. The van der Waals surface area contributed by atoms with Crippen LogP contribution in [0.25, 0.3) is 0 Å². The van der Waals surface area contributed by atoms with E-state index >= 15 is 0 Å². The molecule has 1 saturated heterocycles. The molecule has 0 amide bonds. The van der Waals surface area contributed by atoms with Gasteiger partial charge in [-0.15, -0.1) is 35.3 Å². The van der Waals surface area contributed by atoms with Crippen molar-refractivity contribution in [3.8, 4) is 0 Å². The summed E-state index contributed by atoms with van der Waals surface area (Å²) < 4.78 is 2.24. The third-order valence-corrected chi connectivity index (χ3v) is 5.97. The van der Waals surface area contributed by atoms with Crippen LogP contribution in [0.15, 0.2) is 41.2 Å². The topological polar surface area (TPSA) is 45.5 Å². The highest BCUT2D eigenvalue weighted by atomic mass is 127. The Kier molecular flexibility index (Phi) is 8.40. The average Bonchev–Trinajstić information content (AvgIpc) is 3.30. The van der Waals surface area contributed by atoms with E-state index in [0.717, 1.165) is 32.0 Å². The number of halogens is 1. The number of hydrogen-bond donors (Lipinski definition) is 1. The van der Waals surface area contributed by atoms with E-state index in [1.54, 1.807) is 0 Å². The van der Waals surface area contributed by atoms with E-state index in [0.29, 0.717) is 17.9 Å². The van der Waals surface area contributed by atoms with Crippen LogP contribution in [0, 0.1) is 11.8 Å². The van der Waals surface area contributed by atoms with E-state index in [2.05, 4.69) is 62.3 Å². The molecule has 1 aliphatic heterocycles. The summed E-state index contributed by atoms with van der Waals surface area (Å²) in [5, 5.41) is 5.74. The Labute approximate surface area is 177 Å². The predicted molar refractivity (Wildman–Crippen MR) is 121 cm³/mol. The van der Waals surface area contributed by atoms with Crippen molar-refractivity contribution in [2.24, 2.45) is 16.8 Å². The summed E-state index contributed by atoms with van der Waals surface area (Å²) in [7, 11) is 1.89. The molecule has 1 fully saturated rings. The van der Waals surface area contributed by atoms with Gasteiger partial charge < -0.3 is 14.8 Å². The molecule has 5 nitrogen and oxygen atoms in total. The Morgan fingerprint density at radius 1 is 1.50 bits per heavy atom. The minimum atomic E-state index is 0. The van der Waals surface area contributed by atoms with E-state index in [1.807, 2.05) is 30.9 Å². The van der Waals surface area contributed by atoms with Crippen LogP contribution in [-0.4, -0.2) is 47.1 Å². The smallest absolute Gasteiger partial charge is 0.193 e. The Balaban J connectivity index is 0.00000243. The fourth-order valence-corrected chi connectivity index (χ4v) is 4.41. The van der Waals surface area contributed by atoms with Crippen LogP contribution in [0.2, 0.25) is 0 Å². The minimum absolute atomic E-state index is 0. The first kappa shape index (κ1) is 21.2. The Bertz CT molecular complexity index is 656. The number of guanidine groups is 1. The quantitative estimate of drug-likeness (QED) is 0.396. The van der Waals surface area contributed by atoms with Gasteiger partial charge in [-0.1, -0.05) is 19.9 Å². The molecule has 1 aliphatic rings. The second-order valence-electron chi connectivity index (χ2n) is 7.11. The van der Waals surface area contributed by atoms with Crippen LogP contribution >= 0.6 is 35.3 Å². The summed E-state index contributed by atoms with van der Waals surface area (Å²) in [6, 6.07) is 4.81.